The van der Waals surface area contributed by atoms with Gasteiger partial charge in [0.2, 0.25) is 11.8 Å². The molecule has 5 rings (SSSR count). The van der Waals surface area contributed by atoms with E-state index >= 15 is 0 Å². The summed E-state index contributed by atoms with van der Waals surface area (Å²) in [4.78, 5) is 33.5. The lowest BCUT2D eigenvalue weighted by Gasteiger charge is -2.38. The van der Waals surface area contributed by atoms with E-state index in [2.05, 4.69) is 53.5 Å². The van der Waals surface area contributed by atoms with Crippen molar-refractivity contribution in [3.8, 4) is 0 Å². The first-order chi connectivity index (χ1) is 17.0. The van der Waals surface area contributed by atoms with Crippen LogP contribution in [-0.4, -0.2) is 72.8 Å². The topological polar surface area (TPSA) is 55.9 Å². The number of piperidine rings is 1. The van der Waals surface area contributed by atoms with E-state index in [4.69, 9.17) is 0 Å². The molecule has 0 saturated carbocycles. The summed E-state index contributed by atoms with van der Waals surface area (Å²) in [6.45, 7) is 3.73. The largest absolute Gasteiger partial charge is 0.341 e. The minimum atomic E-state index is -0.207. The van der Waals surface area contributed by atoms with Gasteiger partial charge in [-0.25, -0.2) is 0 Å². The Morgan fingerprint density at radius 3 is 2.51 bits per heavy atom. The van der Waals surface area contributed by atoms with Crippen molar-refractivity contribution in [1.29, 1.82) is 0 Å². The molecule has 6 nitrogen and oxygen atoms in total. The van der Waals surface area contributed by atoms with Crippen molar-refractivity contribution in [1.82, 2.24) is 14.7 Å². The number of hydrogen-bond acceptors (Lipinski definition) is 4. The van der Waals surface area contributed by atoms with Crippen LogP contribution in [0.15, 0.2) is 48.5 Å². The average molecular weight is 475 g/mol. The number of carbonyl (C=O) groups excluding carboxylic acids is 2. The van der Waals surface area contributed by atoms with E-state index in [0.717, 1.165) is 44.6 Å². The van der Waals surface area contributed by atoms with Crippen molar-refractivity contribution in [2.45, 2.75) is 44.7 Å². The van der Waals surface area contributed by atoms with Crippen molar-refractivity contribution in [3.63, 3.8) is 0 Å². The molecule has 3 aliphatic rings. The quantitative estimate of drug-likeness (QED) is 0.697. The molecule has 2 saturated heterocycles. The third-order valence-corrected chi connectivity index (χ3v) is 8.07. The smallest absolute Gasteiger partial charge is 0.228 e. The number of fused-ring (bicyclic) bond motifs is 1. The molecule has 0 bridgehead atoms. The molecule has 1 aliphatic carbocycles. The third-order valence-electron chi connectivity index (χ3n) is 8.07. The normalized spacial score (nSPS) is 24.5. The molecule has 1 N–H and O–H groups in total. The van der Waals surface area contributed by atoms with Gasteiger partial charge < -0.3 is 15.1 Å². The number of benzene rings is 2. The molecule has 2 aromatic carbocycles. The van der Waals surface area contributed by atoms with Gasteiger partial charge in [-0.15, -0.1) is 0 Å². The zero-order valence-electron chi connectivity index (χ0n) is 21.1. The summed E-state index contributed by atoms with van der Waals surface area (Å²) in [7, 11) is 4.17. The standard InChI is InChI=1S/C29H38N4O2/c1-31(2)27-13-14-33(20-27)29(35)25-15-24(18-32(19-25)17-21-7-4-3-5-8-21)28(34)30-26-12-11-22-9-6-10-23(22)16-26/h3-5,7-8,11-12,16,24-25,27H,6,9-10,13-15,17-20H2,1-2H3,(H,30,34)/t24-,25+,27-/m1/s1. The fraction of sp³-hybridized carbons (Fsp3) is 0.517. The first kappa shape index (κ1) is 24.0. The Labute approximate surface area is 209 Å². The molecule has 2 amide bonds. The van der Waals surface area contributed by atoms with Crippen LogP contribution in [0.2, 0.25) is 0 Å². The van der Waals surface area contributed by atoms with Gasteiger partial charge in [0, 0.05) is 44.5 Å². The van der Waals surface area contributed by atoms with Gasteiger partial charge in [-0.1, -0.05) is 36.4 Å². The molecule has 2 fully saturated rings. The molecule has 0 unspecified atom stereocenters. The van der Waals surface area contributed by atoms with Crippen LogP contribution in [0, 0.1) is 11.8 Å². The molecular formula is C29H38N4O2. The van der Waals surface area contributed by atoms with Gasteiger partial charge in [-0.05, 0) is 75.0 Å². The maximum Gasteiger partial charge on any atom is 0.228 e. The Balaban J connectivity index is 1.30. The van der Waals surface area contributed by atoms with E-state index in [9.17, 15) is 9.59 Å². The minimum absolute atomic E-state index is 0.0334. The van der Waals surface area contributed by atoms with Crippen LogP contribution in [0.5, 0.6) is 0 Å². The average Bonchev–Trinajstić information content (AvgIpc) is 3.54. The molecule has 2 heterocycles. The summed E-state index contributed by atoms with van der Waals surface area (Å²) in [5.41, 5.74) is 4.86. The van der Waals surface area contributed by atoms with Gasteiger partial charge in [-0.2, -0.15) is 0 Å². The van der Waals surface area contributed by atoms with E-state index in [1.165, 1.54) is 23.1 Å². The van der Waals surface area contributed by atoms with E-state index in [0.29, 0.717) is 25.6 Å². The Bertz CT molecular complexity index is 1050. The molecule has 0 aromatic heterocycles. The second-order valence-corrected chi connectivity index (χ2v) is 10.8. The molecule has 186 valence electrons. The summed E-state index contributed by atoms with van der Waals surface area (Å²) < 4.78 is 0. The van der Waals surface area contributed by atoms with Gasteiger partial charge in [0.05, 0.1) is 11.8 Å². The lowest BCUT2D eigenvalue weighted by Crippen LogP contribution is -2.49. The third kappa shape index (κ3) is 5.60. The summed E-state index contributed by atoms with van der Waals surface area (Å²) in [6, 6.07) is 17.1. The first-order valence-corrected chi connectivity index (χ1v) is 13.1. The predicted molar refractivity (Wildman–Crippen MR) is 139 cm³/mol. The first-order valence-electron chi connectivity index (χ1n) is 13.1. The highest BCUT2D eigenvalue weighted by Gasteiger charge is 2.39. The van der Waals surface area contributed by atoms with Crippen LogP contribution in [0.3, 0.4) is 0 Å². The van der Waals surface area contributed by atoms with E-state index in [1.807, 2.05) is 29.2 Å². The maximum atomic E-state index is 13.6. The molecule has 3 atom stereocenters. The van der Waals surface area contributed by atoms with Gasteiger partial charge in [0.1, 0.15) is 0 Å². The van der Waals surface area contributed by atoms with Crippen molar-refractivity contribution < 1.29 is 9.59 Å². The van der Waals surface area contributed by atoms with Gasteiger partial charge >= 0.3 is 0 Å². The van der Waals surface area contributed by atoms with Crippen LogP contribution < -0.4 is 5.32 Å². The van der Waals surface area contributed by atoms with Crippen LogP contribution >= 0.6 is 0 Å². The number of hydrogen-bond donors (Lipinski definition) is 1. The Kier molecular flexibility index (Phi) is 7.21. The second-order valence-electron chi connectivity index (χ2n) is 10.8. The SMILES string of the molecule is CN(C)[C@@H]1CCN(C(=O)[C@H]2C[C@@H](C(=O)Nc3ccc4c(c3)CCC4)CN(Cc3ccccc3)C2)C1. The fourth-order valence-electron chi connectivity index (χ4n) is 6.05. The Morgan fingerprint density at radius 1 is 0.971 bits per heavy atom. The number of rotatable bonds is 6. The van der Waals surface area contributed by atoms with Crippen molar-refractivity contribution in [2.24, 2.45) is 11.8 Å². The Morgan fingerprint density at radius 2 is 1.74 bits per heavy atom. The highest BCUT2D eigenvalue weighted by atomic mass is 16.2. The maximum absolute atomic E-state index is 13.6. The predicted octanol–water partition coefficient (Wildman–Crippen LogP) is 3.41. The Hall–Kier alpha value is -2.70. The molecule has 6 heteroatoms. The molecule has 0 radical (unpaired) electrons. The number of anilines is 1. The minimum Gasteiger partial charge on any atom is -0.341 e. The van der Waals surface area contributed by atoms with E-state index in [1.54, 1.807) is 0 Å². The lowest BCUT2D eigenvalue weighted by atomic mass is 9.87. The fourth-order valence-corrected chi connectivity index (χ4v) is 6.05. The summed E-state index contributed by atoms with van der Waals surface area (Å²) in [5.74, 6) is -0.111. The van der Waals surface area contributed by atoms with E-state index < -0.39 is 0 Å². The summed E-state index contributed by atoms with van der Waals surface area (Å²) >= 11 is 0. The van der Waals surface area contributed by atoms with Gasteiger partial charge in [0.15, 0.2) is 0 Å². The van der Waals surface area contributed by atoms with E-state index in [-0.39, 0.29) is 23.7 Å². The number of nitrogens with one attached hydrogen (secondary N) is 1. The number of amides is 2. The number of carbonyl (C=O) groups is 2. The van der Waals surface area contributed by atoms with Crippen LogP contribution in [0.1, 0.15) is 36.0 Å². The van der Waals surface area contributed by atoms with Crippen LogP contribution in [-0.2, 0) is 29.0 Å². The molecular weight excluding hydrogens is 436 g/mol. The van der Waals surface area contributed by atoms with Gasteiger partial charge in [0.25, 0.3) is 0 Å². The zero-order valence-corrected chi connectivity index (χ0v) is 21.1. The molecule has 2 aromatic rings. The van der Waals surface area contributed by atoms with Crippen molar-refractivity contribution in [2.75, 3.05) is 45.6 Å². The number of nitrogens with zero attached hydrogens (tertiary/aromatic N) is 3. The number of likely N-dealkylation sites (N-methyl/N-ethyl adjacent to an activating group) is 1. The summed E-state index contributed by atoms with van der Waals surface area (Å²) in [5, 5.41) is 3.18. The zero-order chi connectivity index (χ0) is 24.4. The summed E-state index contributed by atoms with van der Waals surface area (Å²) in [6.07, 6.45) is 5.05. The van der Waals surface area contributed by atoms with Crippen molar-refractivity contribution in [3.05, 3.63) is 65.2 Å². The highest BCUT2D eigenvalue weighted by Crippen LogP contribution is 2.29. The number of aryl methyl sites for hydroxylation is 2. The highest BCUT2D eigenvalue weighted by molar-refractivity contribution is 5.93. The molecule has 2 aliphatic heterocycles. The van der Waals surface area contributed by atoms with Crippen molar-refractivity contribution >= 4 is 17.5 Å². The van der Waals surface area contributed by atoms with Gasteiger partial charge in [-0.3, -0.25) is 14.5 Å². The number of likely N-dealkylation sites (tertiary alicyclic amines) is 2. The van der Waals surface area contributed by atoms with Crippen LogP contribution in [0.25, 0.3) is 0 Å². The monoisotopic (exact) mass is 474 g/mol. The second kappa shape index (κ2) is 10.5. The molecule has 35 heavy (non-hydrogen) atoms. The lowest BCUT2D eigenvalue weighted by molar-refractivity contribution is -0.138. The molecule has 0 spiro atoms. The van der Waals surface area contributed by atoms with Crippen LogP contribution in [0.4, 0.5) is 5.69 Å².